The summed E-state index contributed by atoms with van der Waals surface area (Å²) in [4.78, 5) is 12.4. The van der Waals surface area contributed by atoms with Crippen LogP contribution in [0.4, 0.5) is 5.69 Å². The zero-order valence-electron chi connectivity index (χ0n) is 14.5. The summed E-state index contributed by atoms with van der Waals surface area (Å²) in [5.41, 5.74) is 1.94. The summed E-state index contributed by atoms with van der Waals surface area (Å²) < 4.78 is 12.3. The van der Waals surface area contributed by atoms with Gasteiger partial charge in [0.05, 0.1) is 23.1 Å². The molecule has 0 radical (unpaired) electrons. The molecule has 0 aliphatic carbocycles. The highest BCUT2D eigenvalue weighted by atomic mass is 35.5. The van der Waals surface area contributed by atoms with Gasteiger partial charge in [-0.15, -0.1) is 0 Å². The van der Waals surface area contributed by atoms with Gasteiger partial charge in [0.15, 0.2) is 0 Å². The first-order chi connectivity index (χ1) is 13.0. The Bertz CT molecular complexity index is 943. The number of nitrogens with zero attached hydrogens (tertiary/aromatic N) is 2. The summed E-state index contributed by atoms with van der Waals surface area (Å²) in [6, 6.07) is 12.2. The predicted molar refractivity (Wildman–Crippen MR) is 104 cm³/mol. The van der Waals surface area contributed by atoms with E-state index in [1.165, 1.54) is 0 Å². The maximum atomic E-state index is 12.4. The molecule has 2 aromatic carbocycles. The Hall–Kier alpha value is -2.54. The van der Waals surface area contributed by atoms with Crippen molar-refractivity contribution in [1.82, 2.24) is 9.78 Å². The van der Waals surface area contributed by atoms with Gasteiger partial charge >= 0.3 is 0 Å². The SMILES string of the molecule is COCn1cc(NC(=O)c2cccc(COc3ccc(Cl)cc3Cl)c2)cn1. The molecule has 0 saturated heterocycles. The van der Waals surface area contributed by atoms with E-state index in [9.17, 15) is 4.79 Å². The molecule has 8 heteroatoms. The first-order valence-electron chi connectivity index (χ1n) is 8.04. The molecule has 0 aliphatic rings. The van der Waals surface area contributed by atoms with Crippen LogP contribution in [-0.4, -0.2) is 22.8 Å². The largest absolute Gasteiger partial charge is 0.487 e. The molecule has 0 fully saturated rings. The van der Waals surface area contributed by atoms with Gasteiger partial charge in [-0.3, -0.25) is 4.79 Å². The molecule has 140 valence electrons. The Morgan fingerprint density at radius 1 is 1.22 bits per heavy atom. The fraction of sp³-hybridized carbons (Fsp3) is 0.158. The molecule has 1 amide bonds. The third-order valence-corrected chi connectivity index (χ3v) is 4.16. The number of benzene rings is 2. The second-order valence-corrected chi connectivity index (χ2v) is 6.55. The Morgan fingerprint density at radius 2 is 2.07 bits per heavy atom. The lowest BCUT2D eigenvalue weighted by molar-refractivity contribution is 0.102. The molecule has 0 unspecified atom stereocenters. The van der Waals surface area contributed by atoms with Gasteiger partial charge in [0, 0.05) is 17.7 Å². The van der Waals surface area contributed by atoms with Crippen LogP contribution in [0.5, 0.6) is 5.75 Å². The summed E-state index contributed by atoms with van der Waals surface area (Å²) in [6.07, 6.45) is 3.25. The van der Waals surface area contributed by atoms with E-state index in [1.807, 2.05) is 6.07 Å². The van der Waals surface area contributed by atoms with Crippen LogP contribution in [0.1, 0.15) is 15.9 Å². The Kier molecular flexibility index (Phi) is 6.34. The minimum Gasteiger partial charge on any atom is -0.487 e. The van der Waals surface area contributed by atoms with Gasteiger partial charge in [0.1, 0.15) is 19.1 Å². The molecular weight excluding hydrogens is 389 g/mol. The zero-order valence-corrected chi connectivity index (χ0v) is 16.0. The predicted octanol–water partition coefficient (Wildman–Crippen LogP) is 4.63. The molecule has 27 heavy (non-hydrogen) atoms. The number of hydrogen-bond donors (Lipinski definition) is 1. The minimum absolute atomic E-state index is 0.238. The van der Waals surface area contributed by atoms with Crippen LogP contribution in [0.3, 0.4) is 0 Å². The number of hydrogen-bond acceptors (Lipinski definition) is 4. The highest BCUT2D eigenvalue weighted by molar-refractivity contribution is 6.35. The average molecular weight is 406 g/mol. The number of ether oxygens (including phenoxy) is 2. The van der Waals surface area contributed by atoms with Gasteiger partial charge < -0.3 is 14.8 Å². The van der Waals surface area contributed by atoms with E-state index < -0.39 is 0 Å². The van der Waals surface area contributed by atoms with Crippen molar-refractivity contribution < 1.29 is 14.3 Å². The van der Waals surface area contributed by atoms with Crippen molar-refractivity contribution >= 4 is 34.8 Å². The molecule has 0 bridgehead atoms. The summed E-state index contributed by atoms with van der Waals surface area (Å²) in [7, 11) is 1.57. The van der Waals surface area contributed by atoms with E-state index in [0.717, 1.165) is 5.56 Å². The summed E-state index contributed by atoms with van der Waals surface area (Å²) in [5.74, 6) is 0.292. The van der Waals surface area contributed by atoms with Crippen LogP contribution >= 0.6 is 23.2 Å². The number of aromatic nitrogens is 2. The Balaban J connectivity index is 1.64. The van der Waals surface area contributed by atoms with Crippen molar-refractivity contribution in [3.63, 3.8) is 0 Å². The second kappa shape index (κ2) is 8.90. The van der Waals surface area contributed by atoms with Gasteiger partial charge in [-0.25, -0.2) is 4.68 Å². The number of halogens is 2. The third kappa shape index (κ3) is 5.23. The standard InChI is InChI=1S/C19H17Cl2N3O3/c1-26-12-24-10-16(9-22-24)23-19(25)14-4-2-3-13(7-14)11-27-18-6-5-15(20)8-17(18)21/h2-10H,11-12H2,1H3,(H,23,25). The fourth-order valence-corrected chi connectivity index (χ4v) is 2.85. The quantitative estimate of drug-likeness (QED) is 0.622. The van der Waals surface area contributed by atoms with Crippen LogP contribution in [0.25, 0.3) is 0 Å². The van der Waals surface area contributed by atoms with Gasteiger partial charge in [0.2, 0.25) is 0 Å². The number of methoxy groups -OCH3 is 1. The van der Waals surface area contributed by atoms with Gasteiger partial charge in [-0.2, -0.15) is 5.10 Å². The lowest BCUT2D eigenvalue weighted by Gasteiger charge is -2.09. The summed E-state index contributed by atoms with van der Waals surface area (Å²) >= 11 is 12.0. The van der Waals surface area contributed by atoms with Crippen LogP contribution in [0, 0.1) is 0 Å². The molecule has 1 N–H and O–H groups in total. The summed E-state index contributed by atoms with van der Waals surface area (Å²) in [5, 5.41) is 7.86. The number of anilines is 1. The van der Waals surface area contributed by atoms with E-state index in [1.54, 1.807) is 60.6 Å². The number of carbonyl (C=O) groups is 1. The van der Waals surface area contributed by atoms with Crippen molar-refractivity contribution in [1.29, 1.82) is 0 Å². The van der Waals surface area contributed by atoms with Crippen molar-refractivity contribution in [2.45, 2.75) is 13.3 Å². The molecule has 1 aromatic heterocycles. The van der Waals surface area contributed by atoms with Crippen molar-refractivity contribution in [3.8, 4) is 5.75 Å². The fourth-order valence-electron chi connectivity index (χ4n) is 2.39. The number of amides is 1. The Morgan fingerprint density at radius 3 is 2.85 bits per heavy atom. The van der Waals surface area contributed by atoms with E-state index in [2.05, 4.69) is 10.4 Å². The van der Waals surface area contributed by atoms with E-state index in [-0.39, 0.29) is 12.5 Å². The summed E-state index contributed by atoms with van der Waals surface area (Å²) in [6.45, 7) is 0.587. The molecule has 0 atom stereocenters. The van der Waals surface area contributed by atoms with E-state index in [0.29, 0.717) is 33.8 Å². The maximum Gasteiger partial charge on any atom is 0.255 e. The maximum absolute atomic E-state index is 12.4. The molecule has 0 aliphatic heterocycles. The normalized spacial score (nSPS) is 10.6. The molecule has 1 heterocycles. The molecule has 6 nitrogen and oxygen atoms in total. The van der Waals surface area contributed by atoms with Crippen LogP contribution in [0.15, 0.2) is 54.9 Å². The van der Waals surface area contributed by atoms with Gasteiger partial charge in [-0.05, 0) is 35.9 Å². The van der Waals surface area contributed by atoms with Crippen molar-refractivity contribution in [2.24, 2.45) is 0 Å². The number of rotatable bonds is 7. The van der Waals surface area contributed by atoms with Gasteiger partial charge in [-0.1, -0.05) is 35.3 Å². The zero-order chi connectivity index (χ0) is 19.2. The monoisotopic (exact) mass is 405 g/mol. The topological polar surface area (TPSA) is 65.4 Å². The highest BCUT2D eigenvalue weighted by Crippen LogP contribution is 2.28. The second-order valence-electron chi connectivity index (χ2n) is 5.70. The van der Waals surface area contributed by atoms with Crippen LogP contribution < -0.4 is 10.1 Å². The van der Waals surface area contributed by atoms with Crippen molar-refractivity contribution in [2.75, 3.05) is 12.4 Å². The smallest absolute Gasteiger partial charge is 0.255 e. The lowest BCUT2D eigenvalue weighted by Crippen LogP contribution is -2.12. The van der Waals surface area contributed by atoms with Crippen LogP contribution in [0.2, 0.25) is 10.0 Å². The first kappa shape index (κ1) is 19.2. The van der Waals surface area contributed by atoms with Crippen molar-refractivity contribution in [3.05, 3.63) is 76.0 Å². The lowest BCUT2D eigenvalue weighted by atomic mass is 10.1. The van der Waals surface area contributed by atoms with Crippen LogP contribution in [-0.2, 0) is 18.1 Å². The molecule has 0 saturated carbocycles. The third-order valence-electron chi connectivity index (χ3n) is 3.63. The van der Waals surface area contributed by atoms with E-state index in [4.69, 9.17) is 32.7 Å². The van der Waals surface area contributed by atoms with Gasteiger partial charge in [0.25, 0.3) is 5.91 Å². The van der Waals surface area contributed by atoms with E-state index >= 15 is 0 Å². The molecule has 3 aromatic rings. The minimum atomic E-state index is -0.238. The number of nitrogens with one attached hydrogen (secondary N) is 1. The molecule has 3 rings (SSSR count). The Labute approximate surface area is 166 Å². The first-order valence-corrected chi connectivity index (χ1v) is 8.80. The molecule has 0 spiro atoms. The number of carbonyl (C=O) groups excluding carboxylic acids is 1. The average Bonchev–Trinajstić information content (AvgIpc) is 3.08. The molecular formula is C19H17Cl2N3O3. The highest BCUT2D eigenvalue weighted by Gasteiger charge is 2.09.